The van der Waals surface area contributed by atoms with Gasteiger partial charge in [0.05, 0.1) is 0 Å². The van der Waals surface area contributed by atoms with Gasteiger partial charge < -0.3 is 11.1 Å². The van der Waals surface area contributed by atoms with Crippen LogP contribution in [0, 0.1) is 5.41 Å². The normalized spacial score (nSPS) is 12.5. The Morgan fingerprint density at radius 3 is 2.23 bits per heavy atom. The summed E-state index contributed by atoms with van der Waals surface area (Å²) < 4.78 is 0. The second-order valence-corrected chi connectivity index (χ2v) is 4.02. The molecule has 0 aromatic carbocycles. The van der Waals surface area contributed by atoms with E-state index in [-0.39, 0.29) is 16.3 Å². The molecule has 0 aliphatic heterocycles. The van der Waals surface area contributed by atoms with Crippen molar-refractivity contribution in [2.45, 2.75) is 20.8 Å². The van der Waals surface area contributed by atoms with E-state index in [1.54, 1.807) is 0 Å². The fourth-order valence-electron chi connectivity index (χ4n) is 0.435. The van der Waals surface area contributed by atoms with Gasteiger partial charge in [-0.15, -0.1) is 0 Å². The molecule has 0 aromatic rings. The number of amidine groups is 1. The Kier molecular flexibility index (Phi) is 4.00. The highest BCUT2D eigenvalue weighted by Crippen LogP contribution is 2.12. The summed E-state index contributed by atoms with van der Waals surface area (Å²) in [5, 5.41) is 2.38. The second kappa shape index (κ2) is 4.32. The van der Waals surface area contributed by atoms with Crippen LogP contribution in [0.5, 0.6) is 0 Å². The van der Waals surface area contributed by atoms with Crippen LogP contribution in [0.2, 0.25) is 0 Å². The van der Waals surface area contributed by atoms with E-state index in [0.717, 1.165) is 0 Å². The standard InChI is InChI=1S/C8H15N3OS/c1-8(2,3)7(9)11-6(13)5(12)10-4/h1-4H3,(H,10,12)(H2,9,11,13). The molecular formula is C8H15N3OS. The number of nitrogens with zero attached hydrogens (tertiary/aromatic N) is 1. The van der Waals surface area contributed by atoms with E-state index < -0.39 is 0 Å². The number of hydrogen-bond acceptors (Lipinski definition) is 2. The molecule has 13 heavy (non-hydrogen) atoms. The molecule has 0 saturated carbocycles. The topological polar surface area (TPSA) is 67.5 Å². The number of carbonyl (C=O) groups excluding carboxylic acids is 1. The van der Waals surface area contributed by atoms with Gasteiger partial charge in [-0.2, -0.15) is 0 Å². The molecule has 3 N–H and O–H groups in total. The second-order valence-electron chi connectivity index (χ2n) is 3.63. The average Bonchev–Trinajstić information content (AvgIpc) is 2.01. The summed E-state index contributed by atoms with van der Waals surface area (Å²) in [7, 11) is 1.50. The number of amides is 1. The molecule has 0 fully saturated rings. The molecule has 0 rings (SSSR count). The first-order valence-corrected chi connectivity index (χ1v) is 4.30. The molecule has 0 aromatic heterocycles. The number of nitrogens with one attached hydrogen (secondary N) is 1. The first-order chi connectivity index (χ1) is 5.79. The molecular weight excluding hydrogens is 186 g/mol. The van der Waals surface area contributed by atoms with Crippen LogP contribution in [-0.4, -0.2) is 23.8 Å². The van der Waals surface area contributed by atoms with Crippen molar-refractivity contribution in [1.29, 1.82) is 0 Å². The Morgan fingerprint density at radius 1 is 1.46 bits per heavy atom. The highest BCUT2D eigenvalue weighted by atomic mass is 32.1. The highest BCUT2D eigenvalue weighted by Gasteiger charge is 2.17. The molecule has 0 aliphatic carbocycles. The third-order valence-corrected chi connectivity index (χ3v) is 1.69. The smallest absolute Gasteiger partial charge is 0.280 e. The number of likely N-dealkylation sites (N-methyl/N-ethyl adjacent to an activating group) is 1. The van der Waals surface area contributed by atoms with Gasteiger partial charge in [0.25, 0.3) is 5.91 Å². The van der Waals surface area contributed by atoms with Crippen LogP contribution in [0.4, 0.5) is 0 Å². The van der Waals surface area contributed by atoms with Gasteiger partial charge in [-0.1, -0.05) is 33.0 Å². The van der Waals surface area contributed by atoms with Crippen molar-refractivity contribution in [3.63, 3.8) is 0 Å². The molecule has 1 amide bonds. The minimum Gasteiger partial charge on any atom is -0.387 e. The number of carbonyl (C=O) groups is 1. The molecule has 0 spiro atoms. The van der Waals surface area contributed by atoms with Crippen LogP contribution in [0.15, 0.2) is 4.99 Å². The zero-order valence-corrected chi connectivity index (χ0v) is 9.16. The number of rotatable bonds is 0. The van der Waals surface area contributed by atoms with Crippen LogP contribution in [0.25, 0.3) is 0 Å². The molecule has 74 valence electrons. The molecule has 5 heteroatoms. The van der Waals surface area contributed by atoms with Gasteiger partial charge in [0.1, 0.15) is 5.84 Å². The van der Waals surface area contributed by atoms with E-state index >= 15 is 0 Å². The molecule has 0 heterocycles. The lowest BCUT2D eigenvalue weighted by Gasteiger charge is -2.16. The number of hydrogen-bond donors (Lipinski definition) is 2. The lowest BCUT2D eigenvalue weighted by molar-refractivity contribution is -0.114. The molecule has 4 nitrogen and oxygen atoms in total. The van der Waals surface area contributed by atoms with Gasteiger partial charge in [0.2, 0.25) is 0 Å². The van der Waals surface area contributed by atoms with E-state index in [4.69, 9.17) is 18.0 Å². The largest absolute Gasteiger partial charge is 0.387 e. The summed E-state index contributed by atoms with van der Waals surface area (Å²) >= 11 is 4.74. The van der Waals surface area contributed by atoms with Crippen LogP contribution in [0.1, 0.15) is 20.8 Å². The van der Waals surface area contributed by atoms with E-state index in [1.807, 2.05) is 20.8 Å². The van der Waals surface area contributed by atoms with E-state index in [0.29, 0.717) is 5.84 Å². The first kappa shape index (κ1) is 12.0. The quantitative estimate of drug-likeness (QED) is 0.340. The Hall–Kier alpha value is -0.970. The minimum atomic E-state index is -0.387. The lowest BCUT2D eigenvalue weighted by Crippen LogP contribution is -2.33. The lowest BCUT2D eigenvalue weighted by atomic mass is 9.95. The Labute approximate surface area is 83.6 Å². The maximum atomic E-state index is 11.0. The summed E-state index contributed by atoms with van der Waals surface area (Å²) in [5.74, 6) is -0.0247. The maximum Gasteiger partial charge on any atom is 0.280 e. The summed E-state index contributed by atoms with van der Waals surface area (Å²) in [6, 6.07) is 0. The van der Waals surface area contributed by atoms with Gasteiger partial charge in [-0.3, -0.25) is 4.79 Å². The Morgan fingerprint density at radius 2 is 1.92 bits per heavy atom. The molecule has 0 aliphatic rings. The van der Waals surface area contributed by atoms with Gasteiger partial charge in [-0.05, 0) is 0 Å². The fraction of sp³-hybridized carbons (Fsp3) is 0.625. The van der Waals surface area contributed by atoms with Crippen molar-refractivity contribution < 1.29 is 4.79 Å². The summed E-state index contributed by atoms with van der Waals surface area (Å²) in [6.45, 7) is 5.70. The van der Waals surface area contributed by atoms with Crippen molar-refractivity contribution in [1.82, 2.24) is 5.32 Å². The summed E-state index contributed by atoms with van der Waals surface area (Å²) in [5.41, 5.74) is 5.36. The van der Waals surface area contributed by atoms with Crippen LogP contribution < -0.4 is 11.1 Å². The first-order valence-electron chi connectivity index (χ1n) is 3.89. The third-order valence-electron chi connectivity index (χ3n) is 1.41. The fourth-order valence-corrected chi connectivity index (χ4v) is 0.635. The van der Waals surface area contributed by atoms with Gasteiger partial charge in [-0.25, -0.2) is 4.99 Å². The zero-order valence-electron chi connectivity index (χ0n) is 8.34. The van der Waals surface area contributed by atoms with Crippen molar-refractivity contribution in [3.05, 3.63) is 0 Å². The number of thiocarbonyl (C=S) groups is 1. The maximum absolute atomic E-state index is 11.0. The monoisotopic (exact) mass is 201 g/mol. The SMILES string of the molecule is CNC(=O)C(=S)N=C(N)C(C)(C)C. The molecule has 0 bridgehead atoms. The predicted molar refractivity (Wildman–Crippen MR) is 57.7 cm³/mol. The minimum absolute atomic E-state index is 0.0325. The molecule has 0 radical (unpaired) electrons. The number of nitrogens with two attached hydrogens (primary N) is 1. The highest BCUT2D eigenvalue weighted by molar-refractivity contribution is 7.82. The van der Waals surface area contributed by atoms with Crippen LogP contribution in [-0.2, 0) is 4.79 Å². The van der Waals surface area contributed by atoms with E-state index in [2.05, 4.69) is 10.3 Å². The van der Waals surface area contributed by atoms with Crippen molar-refractivity contribution in [3.8, 4) is 0 Å². The summed E-state index contributed by atoms with van der Waals surface area (Å²) in [4.78, 5) is 14.8. The van der Waals surface area contributed by atoms with Crippen molar-refractivity contribution >= 4 is 28.9 Å². The Bertz CT molecular complexity index is 253. The van der Waals surface area contributed by atoms with E-state index in [1.165, 1.54) is 7.05 Å². The molecule has 0 unspecified atom stereocenters. The van der Waals surface area contributed by atoms with Crippen molar-refractivity contribution in [2.24, 2.45) is 16.1 Å². The zero-order chi connectivity index (χ0) is 10.6. The van der Waals surface area contributed by atoms with Gasteiger partial charge >= 0.3 is 0 Å². The average molecular weight is 201 g/mol. The van der Waals surface area contributed by atoms with Gasteiger partial charge in [0.15, 0.2) is 4.99 Å². The molecule has 0 atom stereocenters. The Balaban J connectivity index is 4.59. The predicted octanol–water partition coefficient (Wildman–Crippen LogP) is 0.463. The van der Waals surface area contributed by atoms with Crippen LogP contribution >= 0.6 is 12.2 Å². The van der Waals surface area contributed by atoms with E-state index in [9.17, 15) is 4.79 Å². The summed E-state index contributed by atoms with van der Waals surface area (Å²) in [6.07, 6.45) is 0. The number of aliphatic imine (C=N–C) groups is 1. The third kappa shape index (κ3) is 3.98. The van der Waals surface area contributed by atoms with Crippen molar-refractivity contribution in [2.75, 3.05) is 7.05 Å². The van der Waals surface area contributed by atoms with Crippen LogP contribution in [0.3, 0.4) is 0 Å². The molecule has 0 saturated heterocycles. The van der Waals surface area contributed by atoms with Gasteiger partial charge in [0, 0.05) is 12.5 Å².